The average molecular weight is 1200 g/mol. The highest BCUT2D eigenvalue weighted by Crippen LogP contribution is 2.42. The first-order valence-corrected chi connectivity index (χ1v) is 29.9. The second-order valence-corrected chi connectivity index (χ2v) is 25.5. The lowest BCUT2D eigenvalue weighted by atomic mass is 9.87. The van der Waals surface area contributed by atoms with Gasteiger partial charge in [-0.05, 0) is 158 Å². The zero-order valence-electron chi connectivity index (χ0n) is 52.1. The Balaban J connectivity index is 0.859. The molecule has 0 aliphatic heterocycles. The molecule has 0 unspecified atom stereocenters. The molecule has 0 bridgehead atoms. The minimum Gasteiger partial charge on any atom is -0.489 e. The van der Waals surface area contributed by atoms with Crippen LogP contribution in [0.25, 0.3) is 44.7 Å². The van der Waals surface area contributed by atoms with Crippen molar-refractivity contribution in [3.05, 3.63) is 261 Å². The van der Waals surface area contributed by atoms with Crippen molar-refractivity contribution >= 4 is 45.4 Å². The molecule has 0 aliphatic carbocycles. The van der Waals surface area contributed by atoms with Crippen molar-refractivity contribution in [1.82, 2.24) is 15.2 Å². The summed E-state index contributed by atoms with van der Waals surface area (Å²) in [6.45, 7) is 19.8. The number of fused-ring (bicyclic) bond motifs is 3. The fourth-order valence-electron chi connectivity index (χ4n) is 10.1. The summed E-state index contributed by atoms with van der Waals surface area (Å²) in [5, 5.41) is 45.8. The van der Waals surface area contributed by atoms with Gasteiger partial charge < -0.3 is 37.8 Å². The molecule has 0 spiro atoms. The highest BCUT2D eigenvalue weighted by molar-refractivity contribution is 6.08. The summed E-state index contributed by atoms with van der Waals surface area (Å²) in [5.41, 5.74) is 12.3. The van der Waals surface area contributed by atoms with Crippen LogP contribution in [0, 0.1) is 21.6 Å². The van der Waals surface area contributed by atoms with Crippen LogP contribution in [0.2, 0.25) is 0 Å². The zero-order chi connectivity index (χ0) is 63.3. The van der Waals surface area contributed by atoms with Crippen molar-refractivity contribution in [3.8, 4) is 45.9 Å². The molecule has 0 atom stereocenters. The van der Waals surface area contributed by atoms with Crippen molar-refractivity contribution in [2.75, 3.05) is 0 Å². The van der Waals surface area contributed by atoms with E-state index in [1.807, 2.05) is 146 Å². The van der Waals surface area contributed by atoms with E-state index in [0.717, 1.165) is 66.3 Å². The number of hydrogen-bond donors (Lipinski definition) is 5. The lowest BCUT2D eigenvalue weighted by Gasteiger charge is -2.20. The lowest BCUT2D eigenvalue weighted by molar-refractivity contribution is 0.228. The highest BCUT2D eigenvalue weighted by atomic mass is 16.5. The Labute approximate surface area is 524 Å². The first-order chi connectivity index (χ1) is 43.1. The predicted octanol–water partition coefficient (Wildman–Crippen LogP) is 18.0. The molecule has 5 N–H and O–H groups in total. The Morgan fingerprint density at radius 1 is 0.378 bits per heavy atom. The number of hydrogen-bond acceptors (Lipinski definition) is 13. The van der Waals surface area contributed by atoms with Gasteiger partial charge in [-0.25, -0.2) is 0 Å². The molecular formula is C76H73N7O7. The van der Waals surface area contributed by atoms with E-state index in [1.54, 1.807) is 24.3 Å². The normalized spacial score (nSPS) is 11.7. The fraction of sp³-hybridized carbons (Fsp3) is 0.211. The third-order valence-electron chi connectivity index (χ3n) is 15.6. The summed E-state index contributed by atoms with van der Waals surface area (Å²) in [7, 11) is 0. The van der Waals surface area contributed by atoms with Crippen molar-refractivity contribution in [2.24, 2.45) is 0 Å². The maximum atomic E-state index is 8.76. The van der Waals surface area contributed by atoms with E-state index in [2.05, 4.69) is 108 Å². The van der Waals surface area contributed by atoms with Gasteiger partial charge in [0.2, 0.25) is 41.1 Å². The smallest absolute Gasteiger partial charge is 0.248 e. The summed E-state index contributed by atoms with van der Waals surface area (Å²) >= 11 is 0. The summed E-state index contributed by atoms with van der Waals surface area (Å²) in [5.74, 6) is 2.08. The summed E-state index contributed by atoms with van der Waals surface area (Å²) in [6.07, 6.45) is 0. The van der Waals surface area contributed by atoms with E-state index in [0.29, 0.717) is 57.0 Å². The van der Waals surface area contributed by atoms with Crippen LogP contribution < -0.4 is 18.9 Å². The predicted molar refractivity (Wildman–Crippen MR) is 356 cm³/mol. The van der Waals surface area contributed by atoms with Crippen molar-refractivity contribution in [2.45, 2.75) is 105 Å². The third-order valence-corrected chi connectivity index (χ3v) is 15.6. The fourth-order valence-corrected chi connectivity index (χ4v) is 10.1. The Bertz CT molecular complexity index is 4240. The standard InChI is InChI=1S/C76H73N7O7/c1-74(2,3)57-32-26-53(27-33-57)70(79)88-68(77)51-20-14-47(15-21-51)43-85-65-40-50(46-84-60-38-39-62-61-12-10-11-13-63(61)81-64(62)42-60)41-66(86-44-48-16-22-52(23-17-48)69(78)89-71(80)54-28-34-58(35-29-54)75(4,5)6)67(65)87-45-49-18-24-55(25-19-49)72-82-83-73(90-72)56-30-36-59(37-31-56)76(7,8)9/h10-42,77-81H,43-46H2,1-9H3. The molecule has 11 aromatic rings. The summed E-state index contributed by atoms with van der Waals surface area (Å²) < 4.78 is 44.5. The van der Waals surface area contributed by atoms with Gasteiger partial charge in [-0.3, -0.25) is 21.6 Å². The number of ether oxygens (including phenoxy) is 6. The first kappa shape index (κ1) is 61.1. The van der Waals surface area contributed by atoms with Crippen LogP contribution >= 0.6 is 0 Å². The van der Waals surface area contributed by atoms with E-state index in [9.17, 15) is 0 Å². The molecule has 0 saturated heterocycles. The lowest BCUT2D eigenvalue weighted by Crippen LogP contribution is -2.14. The molecular weight excluding hydrogens is 1120 g/mol. The Morgan fingerprint density at radius 2 is 0.744 bits per heavy atom. The molecule has 454 valence electrons. The Hall–Kier alpha value is -10.6. The van der Waals surface area contributed by atoms with E-state index >= 15 is 0 Å². The minimum atomic E-state index is -0.155. The van der Waals surface area contributed by atoms with Gasteiger partial charge in [0.1, 0.15) is 32.2 Å². The van der Waals surface area contributed by atoms with Crippen molar-refractivity contribution in [3.63, 3.8) is 0 Å². The molecule has 11 rings (SSSR count). The maximum Gasteiger partial charge on any atom is 0.248 e. The van der Waals surface area contributed by atoms with Gasteiger partial charge in [0.25, 0.3) is 0 Å². The molecule has 14 heteroatoms. The second-order valence-electron chi connectivity index (χ2n) is 25.5. The molecule has 0 radical (unpaired) electrons. The average Bonchev–Trinajstić information content (AvgIpc) is 1.64. The van der Waals surface area contributed by atoms with Crippen LogP contribution in [0.1, 0.15) is 124 Å². The van der Waals surface area contributed by atoms with Crippen LogP contribution in [0.3, 0.4) is 0 Å². The molecule has 0 saturated carbocycles. The number of nitrogens with one attached hydrogen (secondary N) is 5. The van der Waals surface area contributed by atoms with Gasteiger partial charge in [-0.2, -0.15) is 0 Å². The van der Waals surface area contributed by atoms with Gasteiger partial charge in [0.05, 0.1) is 5.52 Å². The summed E-state index contributed by atoms with van der Waals surface area (Å²) in [4.78, 5) is 3.51. The molecule has 0 aliphatic rings. The van der Waals surface area contributed by atoms with Gasteiger partial charge in [0.15, 0.2) is 11.5 Å². The molecule has 0 amide bonds. The molecule has 2 heterocycles. The number of H-pyrrole nitrogens is 1. The van der Waals surface area contributed by atoms with E-state index in [4.69, 9.17) is 54.5 Å². The molecule has 2 aromatic heterocycles. The Kier molecular flexibility index (Phi) is 17.4. The van der Waals surface area contributed by atoms with Crippen molar-refractivity contribution in [1.29, 1.82) is 21.6 Å². The van der Waals surface area contributed by atoms with Crippen LogP contribution in [0.4, 0.5) is 0 Å². The zero-order valence-corrected chi connectivity index (χ0v) is 52.1. The van der Waals surface area contributed by atoms with Gasteiger partial charge in [-0.15, -0.1) is 10.2 Å². The van der Waals surface area contributed by atoms with Crippen LogP contribution in [-0.4, -0.2) is 38.8 Å². The van der Waals surface area contributed by atoms with Gasteiger partial charge in [0, 0.05) is 55.7 Å². The quantitative estimate of drug-likeness (QED) is 0.0409. The van der Waals surface area contributed by atoms with Gasteiger partial charge in [-0.1, -0.05) is 153 Å². The second kappa shape index (κ2) is 25.6. The third kappa shape index (κ3) is 14.5. The van der Waals surface area contributed by atoms with Crippen LogP contribution in [-0.2, 0) is 52.1 Å². The largest absolute Gasteiger partial charge is 0.489 e. The van der Waals surface area contributed by atoms with Crippen LogP contribution in [0.5, 0.6) is 23.0 Å². The minimum absolute atomic E-state index is 0.0130. The topological polar surface area (TPSA) is 205 Å². The molecule has 90 heavy (non-hydrogen) atoms. The van der Waals surface area contributed by atoms with Gasteiger partial charge >= 0.3 is 0 Å². The number of aromatic amines is 1. The molecule has 14 nitrogen and oxygen atoms in total. The van der Waals surface area contributed by atoms with E-state index in [-0.39, 0.29) is 66.3 Å². The number of rotatable bonds is 18. The number of benzene rings is 9. The number of nitrogens with zero attached hydrogens (tertiary/aromatic N) is 2. The number of para-hydroxylation sites is 1. The monoisotopic (exact) mass is 1200 g/mol. The maximum absolute atomic E-state index is 8.76. The van der Waals surface area contributed by atoms with E-state index in [1.165, 1.54) is 5.56 Å². The Morgan fingerprint density at radius 3 is 1.19 bits per heavy atom. The number of aromatic nitrogens is 3. The first-order valence-electron chi connectivity index (χ1n) is 29.9. The van der Waals surface area contributed by atoms with Crippen LogP contribution in [0.15, 0.2) is 205 Å². The molecule has 9 aromatic carbocycles. The molecule has 0 fully saturated rings. The van der Waals surface area contributed by atoms with Crippen molar-refractivity contribution < 1.29 is 32.8 Å². The van der Waals surface area contributed by atoms with E-state index < -0.39 is 0 Å². The highest BCUT2D eigenvalue weighted by Gasteiger charge is 2.22. The SMILES string of the molecule is CC(C)(C)c1ccc(C(=N)OC(=N)c2ccc(COc3cc(COc4ccc5c(c4)[nH]c4ccccc45)cc(OCc4ccc(C(=N)OC(=N)c5ccc(C(C)(C)C)cc5)cc4)c3OCc3ccc(-c4nnc(-c5ccc(C(C)(C)C)cc5)o4)cc3)cc2)cc1. The summed E-state index contributed by atoms with van der Waals surface area (Å²) in [6, 6.07) is 63.8.